The molecule has 0 bridgehead atoms. The second kappa shape index (κ2) is 7.04. The molecule has 0 spiro atoms. The molecule has 1 saturated carbocycles. The van der Waals surface area contributed by atoms with Crippen molar-refractivity contribution in [2.75, 3.05) is 20.6 Å². The number of urea groups is 1. The van der Waals surface area contributed by atoms with Gasteiger partial charge in [-0.15, -0.1) is 0 Å². The summed E-state index contributed by atoms with van der Waals surface area (Å²) in [6, 6.07) is -0.613. The summed E-state index contributed by atoms with van der Waals surface area (Å²) in [7, 11) is 3.96. The highest BCUT2D eigenvalue weighted by Crippen LogP contribution is 2.32. The number of amides is 3. The van der Waals surface area contributed by atoms with E-state index < -0.39 is 17.9 Å². The number of carboxylic acid groups (broad SMARTS) is 1. The third-order valence-electron chi connectivity index (χ3n) is 3.67. The van der Waals surface area contributed by atoms with Gasteiger partial charge >= 0.3 is 12.0 Å². The molecule has 0 aromatic rings. The fourth-order valence-electron chi connectivity index (χ4n) is 2.40. The predicted molar refractivity (Wildman–Crippen MR) is 73.2 cm³/mol. The highest BCUT2D eigenvalue weighted by molar-refractivity contribution is 6.02. The third-order valence-corrected chi connectivity index (χ3v) is 3.67. The Hall–Kier alpha value is -1.89. The maximum Gasteiger partial charge on any atom is 0.328 e. The molecule has 7 heteroatoms. The van der Waals surface area contributed by atoms with Crippen LogP contribution in [0, 0.1) is 0 Å². The largest absolute Gasteiger partial charge is 0.478 e. The van der Waals surface area contributed by atoms with Crippen LogP contribution in [0.25, 0.3) is 0 Å². The maximum atomic E-state index is 11.6. The Kier molecular flexibility index (Phi) is 5.69. The molecule has 0 aliphatic heterocycles. The number of aliphatic carboxylic acids is 1. The zero-order valence-electron chi connectivity index (χ0n) is 11.8. The van der Waals surface area contributed by atoms with Crippen LogP contribution in [-0.2, 0) is 9.59 Å². The first-order valence-corrected chi connectivity index (χ1v) is 6.53. The maximum absolute atomic E-state index is 11.6. The summed E-state index contributed by atoms with van der Waals surface area (Å²) in [5.74, 6) is -1.99. The number of nitrogens with zero attached hydrogens (tertiary/aromatic N) is 1. The van der Waals surface area contributed by atoms with Crippen molar-refractivity contribution in [3.8, 4) is 0 Å². The van der Waals surface area contributed by atoms with Crippen molar-refractivity contribution in [2.45, 2.75) is 31.2 Å². The van der Waals surface area contributed by atoms with Gasteiger partial charge in [0.1, 0.15) is 0 Å². The first-order valence-electron chi connectivity index (χ1n) is 6.53. The van der Waals surface area contributed by atoms with Crippen LogP contribution in [0.4, 0.5) is 4.79 Å². The van der Waals surface area contributed by atoms with Gasteiger partial charge in [-0.1, -0.05) is 12.8 Å². The fraction of sp³-hybridized carbons (Fsp3) is 0.615. The molecule has 1 aliphatic rings. The van der Waals surface area contributed by atoms with E-state index in [1.165, 1.54) is 0 Å². The number of likely N-dealkylation sites (N-methyl/N-ethyl adjacent to an activating group) is 1. The van der Waals surface area contributed by atoms with E-state index in [-0.39, 0.29) is 5.54 Å². The third kappa shape index (κ3) is 4.65. The lowest BCUT2D eigenvalue weighted by Gasteiger charge is -2.36. The van der Waals surface area contributed by atoms with Gasteiger partial charge in [0.05, 0.1) is 0 Å². The molecule has 3 amide bonds. The molecule has 1 aliphatic carbocycles. The van der Waals surface area contributed by atoms with E-state index in [1.807, 2.05) is 14.1 Å². The molecule has 0 heterocycles. The van der Waals surface area contributed by atoms with E-state index in [2.05, 4.69) is 15.5 Å². The van der Waals surface area contributed by atoms with E-state index >= 15 is 0 Å². The number of imide groups is 1. The van der Waals surface area contributed by atoms with Crippen molar-refractivity contribution < 1.29 is 19.5 Å². The highest BCUT2D eigenvalue weighted by Gasteiger charge is 2.36. The molecule has 1 fully saturated rings. The zero-order chi connectivity index (χ0) is 15.2. The van der Waals surface area contributed by atoms with Gasteiger partial charge in [-0.2, -0.15) is 0 Å². The van der Waals surface area contributed by atoms with Crippen LogP contribution < -0.4 is 10.6 Å². The highest BCUT2D eigenvalue weighted by atomic mass is 16.4. The van der Waals surface area contributed by atoms with Gasteiger partial charge in [-0.3, -0.25) is 10.1 Å². The number of carbonyl (C=O) groups is 3. The van der Waals surface area contributed by atoms with Gasteiger partial charge in [-0.05, 0) is 26.9 Å². The molecular formula is C13H21N3O4. The normalized spacial score (nSPS) is 17.4. The average Bonchev–Trinajstić information content (AvgIpc) is 2.84. The molecule has 0 unspecified atom stereocenters. The van der Waals surface area contributed by atoms with Gasteiger partial charge in [0.15, 0.2) is 0 Å². The van der Waals surface area contributed by atoms with Crippen molar-refractivity contribution in [3.05, 3.63) is 12.2 Å². The number of hydrogen-bond donors (Lipinski definition) is 3. The van der Waals surface area contributed by atoms with Gasteiger partial charge in [0, 0.05) is 24.2 Å². The summed E-state index contributed by atoms with van der Waals surface area (Å²) in [4.78, 5) is 35.1. The number of nitrogens with one attached hydrogen (secondary N) is 2. The van der Waals surface area contributed by atoms with Gasteiger partial charge in [0.2, 0.25) is 0 Å². The summed E-state index contributed by atoms with van der Waals surface area (Å²) >= 11 is 0. The van der Waals surface area contributed by atoms with Crippen LogP contribution in [0.5, 0.6) is 0 Å². The Morgan fingerprint density at radius 3 is 2.30 bits per heavy atom. The Labute approximate surface area is 118 Å². The minimum absolute atomic E-state index is 0.0582. The van der Waals surface area contributed by atoms with Crippen molar-refractivity contribution in [1.82, 2.24) is 15.5 Å². The first kappa shape index (κ1) is 16.2. The molecule has 1 rings (SSSR count). The van der Waals surface area contributed by atoms with Gasteiger partial charge in [-0.25, -0.2) is 9.59 Å². The standard InChI is InChI=1S/C13H21N3O4/c1-16(2)13(7-3-4-8-13)9-14-12(20)15-10(17)5-6-11(18)19/h5-6H,3-4,7-9H2,1-2H3,(H,18,19)(H2,14,15,17,20)/b6-5+. The molecular weight excluding hydrogens is 262 g/mol. The van der Waals surface area contributed by atoms with E-state index in [0.717, 1.165) is 31.8 Å². The van der Waals surface area contributed by atoms with Crippen LogP contribution >= 0.6 is 0 Å². The Morgan fingerprint density at radius 2 is 1.80 bits per heavy atom. The molecule has 20 heavy (non-hydrogen) atoms. The van der Waals surface area contributed by atoms with Crippen molar-refractivity contribution in [1.29, 1.82) is 0 Å². The minimum atomic E-state index is -1.24. The number of carboxylic acids is 1. The fourth-order valence-corrected chi connectivity index (χ4v) is 2.40. The molecule has 3 N–H and O–H groups in total. The van der Waals surface area contributed by atoms with Crippen LogP contribution in [0.15, 0.2) is 12.2 Å². The van der Waals surface area contributed by atoms with Crippen LogP contribution in [0.1, 0.15) is 25.7 Å². The molecule has 112 valence electrons. The van der Waals surface area contributed by atoms with Crippen LogP contribution in [0.2, 0.25) is 0 Å². The SMILES string of the molecule is CN(C)C1(CNC(=O)NC(=O)/C=C/C(=O)O)CCCC1. The van der Waals surface area contributed by atoms with Gasteiger partial charge < -0.3 is 15.3 Å². The lowest BCUT2D eigenvalue weighted by molar-refractivity contribution is -0.131. The average molecular weight is 283 g/mol. The van der Waals surface area contributed by atoms with Crippen LogP contribution in [0.3, 0.4) is 0 Å². The summed E-state index contributed by atoms with van der Waals surface area (Å²) in [6.07, 6.45) is 5.75. The minimum Gasteiger partial charge on any atom is -0.478 e. The summed E-state index contributed by atoms with van der Waals surface area (Å²) in [5, 5.41) is 13.1. The molecule has 0 aromatic heterocycles. The van der Waals surface area contributed by atoms with E-state index in [0.29, 0.717) is 12.6 Å². The van der Waals surface area contributed by atoms with E-state index in [1.54, 1.807) is 0 Å². The monoisotopic (exact) mass is 283 g/mol. The van der Waals surface area contributed by atoms with Crippen molar-refractivity contribution in [3.63, 3.8) is 0 Å². The Morgan fingerprint density at radius 1 is 1.20 bits per heavy atom. The quantitative estimate of drug-likeness (QED) is 0.631. The van der Waals surface area contributed by atoms with Gasteiger partial charge in [0.25, 0.3) is 5.91 Å². The zero-order valence-corrected chi connectivity index (χ0v) is 11.8. The number of rotatable bonds is 5. The smallest absolute Gasteiger partial charge is 0.328 e. The Bertz CT molecular complexity index is 412. The molecule has 0 saturated heterocycles. The Balaban J connectivity index is 2.43. The first-order chi connectivity index (χ1) is 9.35. The van der Waals surface area contributed by atoms with E-state index in [9.17, 15) is 14.4 Å². The molecule has 7 nitrogen and oxygen atoms in total. The molecule has 0 radical (unpaired) electrons. The summed E-state index contributed by atoms with van der Waals surface area (Å²) in [5.41, 5.74) is -0.0582. The lowest BCUT2D eigenvalue weighted by atomic mass is 9.96. The lowest BCUT2D eigenvalue weighted by Crippen LogP contribution is -2.53. The predicted octanol–water partition coefficient (Wildman–Crippen LogP) is 0.327. The summed E-state index contributed by atoms with van der Waals surface area (Å²) in [6.45, 7) is 0.460. The summed E-state index contributed by atoms with van der Waals surface area (Å²) < 4.78 is 0. The van der Waals surface area contributed by atoms with Crippen molar-refractivity contribution in [2.24, 2.45) is 0 Å². The second-order valence-electron chi connectivity index (χ2n) is 5.17. The van der Waals surface area contributed by atoms with Crippen LogP contribution in [-0.4, -0.2) is 54.1 Å². The van der Waals surface area contributed by atoms with E-state index in [4.69, 9.17) is 5.11 Å². The molecule has 0 atom stereocenters. The number of carbonyl (C=O) groups excluding carboxylic acids is 2. The number of hydrogen-bond acceptors (Lipinski definition) is 4. The topological polar surface area (TPSA) is 98.7 Å². The second-order valence-corrected chi connectivity index (χ2v) is 5.17. The van der Waals surface area contributed by atoms with Crippen molar-refractivity contribution >= 4 is 17.9 Å². The molecule has 0 aromatic carbocycles.